The summed E-state index contributed by atoms with van der Waals surface area (Å²) in [6, 6.07) is 14.2. The van der Waals surface area contributed by atoms with Gasteiger partial charge in [-0.25, -0.2) is 0 Å². The third-order valence-corrected chi connectivity index (χ3v) is 7.53. The maximum Gasteiger partial charge on any atom is 0.306 e. The van der Waals surface area contributed by atoms with Crippen LogP contribution in [0.5, 0.6) is 11.5 Å². The number of carbonyl (C=O) groups is 4. The summed E-state index contributed by atoms with van der Waals surface area (Å²) in [5.41, 5.74) is 1.26. The van der Waals surface area contributed by atoms with Crippen LogP contribution in [0.25, 0.3) is 12.2 Å². The number of ketones is 2. The van der Waals surface area contributed by atoms with E-state index in [0.29, 0.717) is 33.8 Å². The third kappa shape index (κ3) is 5.30. The molecule has 2 unspecified atom stereocenters. The number of esters is 2. The van der Waals surface area contributed by atoms with Gasteiger partial charge in [0.1, 0.15) is 24.7 Å². The lowest BCUT2D eigenvalue weighted by Crippen LogP contribution is -2.35. The summed E-state index contributed by atoms with van der Waals surface area (Å²) in [4.78, 5) is 52.4. The molecule has 2 aliphatic heterocycles. The molecule has 2 aromatic carbocycles. The van der Waals surface area contributed by atoms with Crippen LogP contribution in [0.1, 0.15) is 24.0 Å². The van der Waals surface area contributed by atoms with Gasteiger partial charge in [-0.15, -0.1) is 0 Å². The number of hydrogen-bond donors (Lipinski definition) is 2. The normalized spacial score (nSPS) is 17.6. The van der Waals surface area contributed by atoms with Gasteiger partial charge in [-0.1, -0.05) is 36.4 Å². The van der Waals surface area contributed by atoms with Crippen molar-refractivity contribution in [3.63, 3.8) is 0 Å². The number of benzene rings is 2. The highest BCUT2D eigenvalue weighted by Crippen LogP contribution is 2.41. The molecule has 10 nitrogen and oxygen atoms in total. The Balaban J connectivity index is 1.58. The highest BCUT2D eigenvalue weighted by Gasteiger charge is 2.44. The molecule has 2 N–H and O–H groups in total. The first-order valence-corrected chi connectivity index (χ1v) is 13.2. The molecule has 5 rings (SSSR count). The van der Waals surface area contributed by atoms with E-state index in [1.165, 1.54) is 14.2 Å². The van der Waals surface area contributed by atoms with Gasteiger partial charge in [-0.3, -0.25) is 19.2 Å². The van der Waals surface area contributed by atoms with E-state index in [1.54, 1.807) is 60.7 Å². The first-order chi connectivity index (χ1) is 20.2. The van der Waals surface area contributed by atoms with Gasteiger partial charge in [-0.05, 0) is 35.4 Å². The zero-order valence-electron chi connectivity index (χ0n) is 22.9. The Bertz CT molecular complexity index is 1490. The number of carbonyl (C=O) groups excluding carboxylic acids is 4. The van der Waals surface area contributed by atoms with Crippen LogP contribution in [0.4, 0.5) is 0 Å². The standard InChI is InChI=1S/C32H28O10/c1-39-25(33)13-21(19-11-17-7-3-5-9-23(17)41-15-19)27-29(35)31(37)28(32(38)30(27)36)22(14-26(34)40-2)20-12-18-8-4-6-10-24(18)42-16-20/h3-12,21-22,35,38H,13-16H2,1-2H3. The van der Waals surface area contributed by atoms with Crippen LogP contribution in [-0.4, -0.2) is 61.2 Å². The van der Waals surface area contributed by atoms with Crippen molar-refractivity contribution in [3.8, 4) is 11.5 Å². The topological polar surface area (TPSA) is 146 Å². The molecule has 0 saturated carbocycles. The van der Waals surface area contributed by atoms with Crippen LogP contribution in [-0.2, 0) is 28.7 Å². The van der Waals surface area contributed by atoms with Gasteiger partial charge < -0.3 is 29.2 Å². The van der Waals surface area contributed by atoms with E-state index in [9.17, 15) is 29.4 Å². The molecule has 0 amide bonds. The van der Waals surface area contributed by atoms with Gasteiger partial charge in [0.05, 0.1) is 38.2 Å². The lowest BCUT2D eigenvalue weighted by Gasteiger charge is -2.31. The second kappa shape index (κ2) is 11.8. The fourth-order valence-corrected chi connectivity index (χ4v) is 5.37. The summed E-state index contributed by atoms with van der Waals surface area (Å²) in [6.45, 7) is -0.0777. The molecule has 0 fully saturated rings. The van der Waals surface area contributed by atoms with Crippen molar-refractivity contribution < 1.29 is 48.3 Å². The predicted molar refractivity (Wildman–Crippen MR) is 149 cm³/mol. The Hall–Kier alpha value is -5.12. The van der Waals surface area contributed by atoms with Crippen LogP contribution in [0.2, 0.25) is 0 Å². The molecule has 10 heteroatoms. The van der Waals surface area contributed by atoms with E-state index >= 15 is 0 Å². The van der Waals surface area contributed by atoms with E-state index in [1.807, 2.05) is 0 Å². The van der Waals surface area contributed by atoms with E-state index < -0.39 is 70.8 Å². The number of aliphatic hydroxyl groups is 2. The summed E-state index contributed by atoms with van der Waals surface area (Å²) in [5, 5.41) is 22.5. The van der Waals surface area contributed by atoms with Crippen LogP contribution in [0.15, 0.2) is 82.3 Å². The number of ether oxygens (including phenoxy) is 4. The van der Waals surface area contributed by atoms with Gasteiger partial charge in [0.2, 0.25) is 11.6 Å². The fraction of sp³-hybridized carbons (Fsp3) is 0.250. The zero-order chi connectivity index (χ0) is 30.0. The van der Waals surface area contributed by atoms with E-state index in [0.717, 1.165) is 0 Å². The van der Waals surface area contributed by atoms with Gasteiger partial charge in [0, 0.05) is 23.0 Å². The third-order valence-electron chi connectivity index (χ3n) is 7.53. The predicted octanol–water partition coefficient (Wildman–Crippen LogP) is 4.07. The quantitative estimate of drug-likeness (QED) is 0.351. The molecule has 0 bridgehead atoms. The molecule has 3 aliphatic rings. The molecule has 0 saturated heterocycles. The Labute approximate surface area is 241 Å². The molecule has 2 aromatic rings. The van der Waals surface area contributed by atoms with E-state index in [-0.39, 0.29) is 13.2 Å². The summed E-state index contributed by atoms with van der Waals surface area (Å²) in [6.07, 6.45) is 2.61. The molecule has 0 spiro atoms. The Kier molecular flexibility index (Phi) is 7.97. The molecule has 2 heterocycles. The first-order valence-electron chi connectivity index (χ1n) is 13.2. The number of hydrogen-bond acceptors (Lipinski definition) is 10. The van der Waals surface area contributed by atoms with Crippen molar-refractivity contribution in [2.75, 3.05) is 27.4 Å². The number of aliphatic hydroxyl groups excluding tert-OH is 2. The monoisotopic (exact) mass is 572 g/mol. The van der Waals surface area contributed by atoms with Crippen LogP contribution in [0.3, 0.4) is 0 Å². The highest BCUT2D eigenvalue weighted by atomic mass is 16.5. The first kappa shape index (κ1) is 28.4. The number of methoxy groups -OCH3 is 2. The Morgan fingerprint density at radius 3 is 1.48 bits per heavy atom. The van der Waals surface area contributed by atoms with Crippen molar-refractivity contribution in [2.45, 2.75) is 12.8 Å². The number of fused-ring (bicyclic) bond motifs is 2. The van der Waals surface area contributed by atoms with Crippen molar-refractivity contribution in [2.24, 2.45) is 11.8 Å². The molecule has 2 atom stereocenters. The summed E-state index contributed by atoms with van der Waals surface area (Å²) in [5.74, 6) is -6.51. The second-order valence-corrected chi connectivity index (χ2v) is 9.94. The smallest absolute Gasteiger partial charge is 0.306 e. The van der Waals surface area contributed by atoms with Crippen molar-refractivity contribution in [1.29, 1.82) is 0 Å². The van der Waals surface area contributed by atoms with Crippen LogP contribution in [0, 0.1) is 11.8 Å². The summed E-state index contributed by atoms with van der Waals surface area (Å²) >= 11 is 0. The van der Waals surface area contributed by atoms with E-state index in [4.69, 9.17) is 18.9 Å². The SMILES string of the molecule is COC(=O)CC(C1=Cc2ccccc2OC1)C1=C(O)C(=O)C(C(CC(=O)OC)C2=Cc3ccccc3OC2)=C(O)C1=O. The molecule has 1 aliphatic carbocycles. The lowest BCUT2D eigenvalue weighted by molar-refractivity contribution is -0.142. The minimum Gasteiger partial charge on any atom is -0.504 e. The van der Waals surface area contributed by atoms with Crippen LogP contribution >= 0.6 is 0 Å². The Morgan fingerprint density at radius 2 is 1.10 bits per heavy atom. The average Bonchev–Trinajstić information content (AvgIpc) is 3.02. The molecule has 0 aromatic heterocycles. The summed E-state index contributed by atoms with van der Waals surface area (Å²) in [7, 11) is 2.35. The highest BCUT2D eigenvalue weighted by molar-refractivity contribution is 6.24. The molecule has 42 heavy (non-hydrogen) atoms. The van der Waals surface area contributed by atoms with Crippen LogP contribution < -0.4 is 9.47 Å². The number of Topliss-reactive ketones (excluding diaryl/α,β-unsaturated/α-hetero) is 2. The Morgan fingerprint density at radius 1 is 0.714 bits per heavy atom. The lowest BCUT2D eigenvalue weighted by atomic mass is 9.75. The minimum absolute atomic E-state index is 0.0388. The summed E-state index contributed by atoms with van der Waals surface area (Å²) < 4.78 is 21.3. The number of allylic oxidation sites excluding steroid dienone is 2. The maximum atomic E-state index is 13.8. The average molecular weight is 573 g/mol. The zero-order valence-corrected chi connectivity index (χ0v) is 22.9. The van der Waals surface area contributed by atoms with Gasteiger partial charge in [0.25, 0.3) is 0 Å². The molecule has 0 radical (unpaired) electrons. The van der Waals surface area contributed by atoms with Gasteiger partial charge in [0.15, 0.2) is 11.5 Å². The van der Waals surface area contributed by atoms with Crippen molar-refractivity contribution in [1.82, 2.24) is 0 Å². The molecular weight excluding hydrogens is 544 g/mol. The van der Waals surface area contributed by atoms with Gasteiger partial charge in [-0.2, -0.15) is 0 Å². The number of para-hydroxylation sites is 2. The van der Waals surface area contributed by atoms with Gasteiger partial charge >= 0.3 is 11.9 Å². The minimum atomic E-state index is -1.14. The van der Waals surface area contributed by atoms with Crippen molar-refractivity contribution in [3.05, 3.63) is 93.5 Å². The maximum absolute atomic E-state index is 13.8. The van der Waals surface area contributed by atoms with Crippen molar-refractivity contribution >= 4 is 35.7 Å². The fourth-order valence-electron chi connectivity index (χ4n) is 5.37. The molecule has 216 valence electrons. The molecular formula is C32H28O10. The largest absolute Gasteiger partial charge is 0.504 e. The van der Waals surface area contributed by atoms with E-state index in [2.05, 4.69) is 0 Å². The number of rotatable bonds is 8. The second-order valence-electron chi connectivity index (χ2n) is 9.94.